The zero-order valence-corrected chi connectivity index (χ0v) is 26.1. The number of amides is 2. The summed E-state index contributed by atoms with van der Waals surface area (Å²) in [6.07, 6.45) is -9.02. The molecule has 0 unspecified atom stereocenters. The van der Waals surface area contributed by atoms with E-state index in [0.717, 1.165) is 6.33 Å². The van der Waals surface area contributed by atoms with Crippen LogP contribution in [0.4, 0.5) is 36.8 Å². The summed E-state index contributed by atoms with van der Waals surface area (Å²) in [4.78, 5) is 32.9. The van der Waals surface area contributed by atoms with Crippen LogP contribution in [0, 0.1) is 0 Å². The number of alkyl halides is 6. The summed E-state index contributed by atoms with van der Waals surface area (Å²) in [5.74, 6) is -1.62. The van der Waals surface area contributed by atoms with Crippen LogP contribution in [0.5, 0.6) is 11.6 Å². The van der Waals surface area contributed by atoms with E-state index < -0.39 is 49.0 Å². The maximum absolute atomic E-state index is 13.1. The Morgan fingerprint density at radius 3 is 2.22 bits per heavy atom. The Kier molecular flexibility index (Phi) is 9.75. The SMILES string of the molecule is COc1cc(-n2c(-c3ccc(NC(=O)OC(C)(C)C)cc3)c(Br)c3ncnc(OCC(F)(F)F)c32)ccc1C(=O)NCC(F)(F)F. The number of carbonyl (C=O) groups is 2. The Bertz CT molecular complexity index is 1750. The molecule has 17 heteroatoms. The molecule has 0 aliphatic carbocycles. The predicted octanol–water partition coefficient (Wildman–Crippen LogP) is 7.44. The van der Waals surface area contributed by atoms with E-state index in [2.05, 4.69) is 31.2 Å². The van der Waals surface area contributed by atoms with Crippen LogP contribution in [-0.4, -0.2) is 64.8 Å². The third-order valence-electron chi connectivity index (χ3n) is 5.97. The van der Waals surface area contributed by atoms with Gasteiger partial charge in [0.15, 0.2) is 6.61 Å². The number of benzene rings is 2. The van der Waals surface area contributed by atoms with Crippen LogP contribution in [0.15, 0.2) is 53.3 Å². The molecule has 0 radical (unpaired) electrons. The molecule has 0 aliphatic heterocycles. The fourth-order valence-corrected chi connectivity index (χ4v) is 4.93. The number of halogens is 7. The molecule has 0 bridgehead atoms. The maximum Gasteiger partial charge on any atom is 0.422 e. The van der Waals surface area contributed by atoms with Crippen molar-refractivity contribution >= 4 is 44.7 Å². The first-order valence-electron chi connectivity index (χ1n) is 13.2. The first-order chi connectivity index (χ1) is 21.4. The largest absolute Gasteiger partial charge is 0.496 e. The number of anilines is 1. The second-order valence-corrected chi connectivity index (χ2v) is 11.5. The molecule has 0 saturated heterocycles. The van der Waals surface area contributed by atoms with Crippen molar-refractivity contribution in [3.8, 4) is 28.6 Å². The van der Waals surface area contributed by atoms with E-state index in [0.29, 0.717) is 21.4 Å². The van der Waals surface area contributed by atoms with Crippen molar-refractivity contribution in [2.75, 3.05) is 25.6 Å². The van der Waals surface area contributed by atoms with Gasteiger partial charge in [0.25, 0.3) is 5.91 Å². The second kappa shape index (κ2) is 13.1. The van der Waals surface area contributed by atoms with Crippen molar-refractivity contribution in [1.29, 1.82) is 0 Å². The van der Waals surface area contributed by atoms with Gasteiger partial charge in [0.05, 0.1) is 28.5 Å². The number of carbonyl (C=O) groups excluding carboxylic acids is 2. The number of nitrogens with one attached hydrogen (secondary N) is 2. The third kappa shape index (κ3) is 8.38. The molecule has 2 aromatic carbocycles. The lowest BCUT2D eigenvalue weighted by Gasteiger charge is -2.19. The van der Waals surface area contributed by atoms with E-state index >= 15 is 0 Å². The van der Waals surface area contributed by atoms with Gasteiger partial charge >= 0.3 is 18.4 Å². The third-order valence-corrected chi connectivity index (χ3v) is 6.72. The number of hydrogen-bond acceptors (Lipinski definition) is 7. The van der Waals surface area contributed by atoms with E-state index in [4.69, 9.17) is 14.2 Å². The Morgan fingerprint density at radius 1 is 0.957 bits per heavy atom. The minimum Gasteiger partial charge on any atom is -0.496 e. The highest BCUT2D eigenvalue weighted by Gasteiger charge is 2.32. The summed E-state index contributed by atoms with van der Waals surface area (Å²) in [6, 6.07) is 10.2. The minimum absolute atomic E-state index is 0.000840. The molecule has 0 aliphatic rings. The molecule has 246 valence electrons. The molecule has 2 amide bonds. The normalized spacial score (nSPS) is 12.2. The van der Waals surface area contributed by atoms with Gasteiger partial charge in [0, 0.05) is 11.8 Å². The molecular weight excluding hydrogens is 692 g/mol. The maximum atomic E-state index is 13.1. The number of fused-ring (bicyclic) bond motifs is 1. The van der Waals surface area contributed by atoms with E-state index in [1.807, 2.05) is 0 Å². The van der Waals surface area contributed by atoms with Crippen LogP contribution >= 0.6 is 15.9 Å². The summed E-state index contributed by atoms with van der Waals surface area (Å²) in [5, 5.41) is 4.37. The number of methoxy groups -OCH3 is 1. The van der Waals surface area contributed by atoms with Gasteiger partial charge < -0.3 is 24.1 Å². The molecule has 4 aromatic rings. The van der Waals surface area contributed by atoms with Crippen LogP contribution in [-0.2, 0) is 4.74 Å². The van der Waals surface area contributed by atoms with E-state index in [1.165, 1.54) is 29.9 Å². The van der Waals surface area contributed by atoms with Crippen LogP contribution in [0.3, 0.4) is 0 Å². The molecular formula is C29H26BrF6N5O5. The lowest BCUT2D eigenvalue weighted by Crippen LogP contribution is -2.33. The highest BCUT2D eigenvalue weighted by atomic mass is 79.9. The zero-order chi connectivity index (χ0) is 34.0. The van der Waals surface area contributed by atoms with Gasteiger partial charge in [-0.2, -0.15) is 31.3 Å². The standard InChI is InChI=1S/C29H26BrF6N5O5/c1-27(2,3)46-26(43)40-16-7-5-15(6-8-16)22-20(30)21-23(25(39-14-38-21)45-13-29(34,35)36)41(22)17-9-10-18(19(11-17)44-4)24(42)37-12-28(31,32)33/h5-11,14H,12-13H2,1-4H3,(H,37,42)(H,40,43). The van der Waals surface area contributed by atoms with Gasteiger partial charge in [0.2, 0.25) is 5.88 Å². The highest BCUT2D eigenvalue weighted by Crippen LogP contribution is 2.43. The number of hydrogen-bond donors (Lipinski definition) is 2. The average Bonchev–Trinajstić information content (AvgIpc) is 3.25. The van der Waals surface area contributed by atoms with E-state index in [1.54, 1.807) is 50.4 Å². The summed E-state index contributed by atoms with van der Waals surface area (Å²) < 4.78 is 94.9. The van der Waals surface area contributed by atoms with Crippen LogP contribution in [0.1, 0.15) is 31.1 Å². The Labute approximate surface area is 266 Å². The van der Waals surface area contributed by atoms with Crippen molar-refractivity contribution < 1.29 is 50.1 Å². The first-order valence-corrected chi connectivity index (χ1v) is 14.0. The molecule has 4 rings (SSSR count). The fourth-order valence-electron chi connectivity index (χ4n) is 4.23. The van der Waals surface area contributed by atoms with Gasteiger partial charge in [0.1, 0.15) is 35.3 Å². The quantitative estimate of drug-likeness (QED) is 0.182. The summed E-state index contributed by atoms with van der Waals surface area (Å²) in [5.41, 5.74) is 0.595. The minimum atomic E-state index is -4.69. The second-order valence-electron chi connectivity index (χ2n) is 10.7. The van der Waals surface area contributed by atoms with Crippen molar-refractivity contribution in [1.82, 2.24) is 19.9 Å². The average molecular weight is 718 g/mol. The molecule has 0 saturated carbocycles. The number of aromatic nitrogens is 3. The van der Waals surface area contributed by atoms with Gasteiger partial charge in [-0.25, -0.2) is 9.78 Å². The lowest BCUT2D eigenvalue weighted by molar-refractivity contribution is -0.153. The van der Waals surface area contributed by atoms with Crippen LogP contribution in [0.25, 0.3) is 28.0 Å². The zero-order valence-electron chi connectivity index (χ0n) is 24.6. The first kappa shape index (κ1) is 34.3. The van der Waals surface area contributed by atoms with Gasteiger partial charge in [-0.1, -0.05) is 12.1 Å². The van der Waals surface area contributed by atoms with Gasteiger partial charge in [-0.15, -0.1) is 0 Å². The molecule has 2 aromatic heterocycles. The lowest BCUT2D eigenvalue weighted by atomic mass is 10.1. The van der Waals surface area contributed by atoms with E-state index in [-0.39, 0.29) is 28.0 Å². The van der Waals surface area contributed by atoms with Crippen molar-refractivity contribution in [3.05, 3.63) is 58.8 Å². The Balaban J connectivity index is 1.87. The smallest absolute Gasteiger partial charge is 0.422 e. The number of ether oxygens (including phenoxy) is 3. The molecule has 0 atom stereocenters. The molecule has 0 spiro atoms. The monoisotopic (exact) mass is 717 g/mol. The van der Waals surface area contributed by atoms with Crippen LogP contribution < -0.4 is 20.1 Å². The van der Waals surface area contributed by atoms with E-state index in [9.17, 15) is 35.9 Å². The summed E-state index contributed by atoms with van der Waals surface area (Å²) in [7, 11) is 1.20. The molecule has 0 fully saturated rings. The predicted molar refractivity (Wildman–Crippen MR) is 158 cm³/mol. The summed E-state index contributed by atoms with van der Waals surface area (Å²) in [6.45, 7) is 1.88. The van der Waals surface area contributed by atoms with Crippen molar-refractivity contribution in [2.24, 2.45) is 0 Å². The van der Waals surface area contributed by atoms with Gasteiger partial charge in [-0.3, -0.25) is 10.1 Å². The molecule has 2 heterocycles. The van der Waals surface area contributed by atoms with Crippen molar-refractivity contribution in [2.45, 2.75) is 38.7 Å². The molecule has 2 N–H and O–H groups in total. The Morgan fingerprint density at radius 2 is 1.63 bits per heavy atom. The molecule has 10 nitrogen and oxygen atoms in total. The number of rotatable bonds is 8. The fraction of sp³-hybridized carbons (Fsp3) is 0.310. The highest BCUT2D eigenvalue weighted by molar-refractivity contribution is 9.10. The van der Waals surface area contributed by atoms with Crippen molar-refractivity contribution in [3.63, 3.8) is 0 Å². The summed E-state index contributed by atoms with van der Waals surface area (Å²) >= 11 is 3.49. The van der Waals surface area contributed by atoms with Gasteiger partial charge in [-0.05, 0) is 66.5 Å². The number of nitrogens with zero attached hydrogens (tertiary/aromatic N) is 3. The Hall–Kier alpha value is -4.54. The topological polar surface area (TPSA) is 117 Å². The van der Waals surface area contributed by atoms with Crippen LogP contribution in [0.2, 0.25) is 0 Å². The molecule has 46 heavy (non-hydrogen) atoms.